The van der Waals surface area contributed by atoms with Gasteiger partial charge in [-0.1, -0.05) is 38.1 Å². The van der Waals surface area contributed by atoms with E-state index in [4.69, 9.17) is 0 Å². The molecule has 0 saturated carbocycles. The molecule has 3 rings (SSSR count). The van der Waals surface area contributed by atoms with Crippen LogP contribution in [-0.2, 0) is 16.0 Å². The van der Waals surface area contributed by atoms with E-state index in [1.165, 1.54) is 5.56 Å². The first-order chi connectivity index (χ1) is 11.6. The molecule has 1 N–H and O–H groups in total. The molecule has 2 aliphatic heterocycles. The monoisotopic (exact) mass is 346 g/mol. The maximum absolute atomic E-state index is 12.9. The van der Waals surface area contributed by atoms with Crippen molar-refractivity contribution in [2.24, 2.45) is 5.92 Å². The van der Waals surface area contributed by atoms with Crippen LogP contribution < -0.4 is 5.32 Å². The van der Waals surface area contributed by atoms with Crippen LogP contribution in [0.5, 0.6) is 0 Å². The van der Waals surface area contributed by atoms with Crippen molar-refractivity contribution in [3.8, 4) is 0 Å². The van der Waals surface area contributed by atoms with Gasteiger partial charge in [0.25, 0.3) is 0 Å². The van der Waals surface area contributed by atoms with Gasteiger partial charge in [0, 0.05) is 13.1 Å². The molecule has 2 heterocycles. The third kappa shape index (κ3) is 3.61. The molecule has 0 aromatic heterocycles. The summed E-state index contributed by atoms with van der Waals surface area (Å²) in [5, 5.41) is 2.85. The zero-order chi connectivity index (χ0) is 17.1. The molecule has 0 radical (unpaired) electrons. The molecule has 1 fully saturated rings. The molecule has 4 nitrogen and oxygen atoms in total. The number of amides is 2. The Kier molecular flexibility index (Phi) is 5.49. The van der Waals surface area contributed by atoms with Crippen LogP contribution in [0.4, 0.5) is 0 Å². The molecular weight excluding hydrogens is 320 g/mol. The summed E-state index contributed by atoms with van der Waals surface area (Å²) in [6, 6.07) is 7.73. The quantitative estimate of drug-likeness (QED) is 0.912. The van der Waals surface area contributed by atoms with Crippen molar-refractivity contribution < 1.29 is 9.59 Å². The number of carbonyl (C=O) groups excluding carboxylic acids is 2. The van der Waals surface area contributed by atoms with Crippen LogP contribution in [0.2, 0.25) is 0 Å². The van der Waals surface area contributed by atoms with Gasteiger partial charge in [0.05, 0.1) is 0 Å². The third-order valence-corrected chi connectivity index (χ3v) is 6.12. The second-order valence-corrected chi connectivity index (χ2v) is 8.18. The average molecular weight is 346 g/mol. The Bertz CT molecular complexity index is 611. The Hall–Kier alpha value is -1.49. The summed E-state index contributed by atoms with van der Waals surface area (Å²) < 4.78 is 0. The smallest absolute Gasteiger partial charge is 0.245 e. The summed E-state index contributed by atoms with van der Waals surface area (Å²) in [6.45, 7) is 5.64. The van der Waals surface area contributed by atoms with E-state index in [0.717, 1.165) is 43.7 Å². The molecule has 24 heavy (non-hydrogen) atoms. The average Bonchev–Trinajstić information content (AvgIpc) is 3.12. The summed E-state index contributed by atoms with van der Waals surface area (Å²) in [5.41, 5.74) is 2.35. The molecule has 0 bridgehead atoms. The molecule has 1 aromatic carbocycles. The van der Waals surface area contributed by atoms with Crippen molar-refractivity contribution in [3.63, 3.8) is 0 Å². The van der Waals surface area contributed by atoms with Gasteiger partial charge >= 0.3 is 0 Å². The van der Waals surface area contributed by atoms with E-state index >= 15 is 0 Å². The van der Waals surface area contributed by atoms with Gasteiger partial charge in [-0.15, -0.1) is 11.8 Å². The van der Waals surface area contributed by atoms with E-state index in [1.54, 1.807) is 11.8 Å². The molecule has 1 aromatic rings. The van der Waals surface area contributed by atoms with Crippen LogP contribution in [0.25, 0.3) is 0 Å². The van der Waals surface area contributed by atoms with E-state index < -0.39 is 6.04 Å². The Morgan fingerprint density at radius 3 is 2.62 bits per heavy atom. The summed E-state index contributed by atoms with van der Waals surface area (Å²) in [5.74, 6) is 1.08. The first kappa shape index (κ1) is 17.3. The lowest BCUT2D eigenvalue weighted by molar-refractivity contribution is -0.136. The Morgan fingerprint density at radius 1 is 1.21 bits per heavy atom. The fourth-order valence-electron chi connectivity index (χ4n) is 3.49. The van der Waals surface area contributed by atoms with Crippen LogP contribution in [0.1, 0.15) is 43.1 Å². The fraction of sp³-hybridized carbons (Fsp3) is 0.579. The number of carbonyl (C=O) groups is 2. The number of aryl methyl sites for hydroxylation is 1. The second kappa shape index (κ2) is 7.60. The van der Waals surface area contributed by atoms with Crippen LogP contribution in [0, 0.1) is 5.92 Å². The van der Waals surface area contributed by atoms with Gasteiger partial charge in [-0.05, 0) is 42.1 Å². The first-order valence-corrected chi connectivity index (χ1v) is 9.91. The van der Waals surface area contributed by atoms with Gasteiger partial charge in [-0.2, -0.15) is 0 Å². The predicted molar refractivity (Wildman–Crippen MR) is 97.9 cm³/mol. The first-order valence-electron chi connectivity index (χ1n) is 8.86. The maximum Gasteiger partial charge on any atom is 0.245 e. The number of benzene rings is 1. The van der Waals surface area contributed by atoms with E-state index in [0.29, 0.717) is 0 Å². The number of fused-ring (bicyclic) bond motifs is 1. The number of hydrogen-bond donors (Lipinski definition) is 1. The van der Waals surface area contributed by atoms with E-state index in [2.05, 4.69) is 11.4 Å². The minimum Gasteiger partial charge on any atom is -0.343 e. The van der Waals surface area contributed by atoms with Crippen molar-refractivity contribution >= 4 is 23.6 Å². The SMILES string of the molecule is CC(C)[C@H](NC(=O)[C@@H]1SCCc2ccccc21)C(=O)N1CCCC1. The normalized spacial score (nSPS) is 21.5. The van der Waals surface area contributed by atoms with Gasteiger partial charge in [-0.3, -0.25) is 9.59 Å². The molecule has 1 saturated heterocycles. The van der Waals surface area contributed by atoms with Crippen molar-refractivity contribution in [2.75, 3.05) is 18.8 Å². The Labute approximate surface area is 148 Å². The molecule has 2 aliphatic rings. The Balaban J connectivity index is 1.73. The summed E-state index contributed by atoms with van der Waals surface area (Å²) >= 11 is 1.67. The highest BCUT2D eigenvalue weighted by atomic mass is 32.2. The van der Waals surface area contributed by atoms with Crippen molar-refractivity contribution in [3.05, 3.63) is 35.4 Å². The molecule has 5 heteroatoms. The molecule has 2 atom stereocenters. The van der Waals surface area contributed by atoms with E-state index in [9.17, 15) is 9.59 Å². The highest BCUT2D eigenvalue weighted by Gasteiger charge is 2.34. The minimum atomic E-state index is -0.426. The Morgan fingerprint density at radius 2 is 1.92 bits per heavy atom. The molecular formula is C19H26N2O2S. The topological polar surface area (TPSA) is 49.4 Å². The number of hydrogen-bond acceptors (Lipinski definition) is 3. The number of likely N-dealkylation sites (tertiary alicyclic amines) is 1. The molecule has 0 unspecified atom stereocenters. The lowest BCUT2D eigenvalue weighted by Crippen LogP contribution is -2.51. The molecule has 0 aliphatic carbocycles. The number of thioether (sulfide) groups is 1. The largest absolute Gasteiger partial charge is 0.343 e. The van der Waals surface area contributed by atoms with Gasteiger partial charge in [-0.25, -0.2) is 0 Å². The van der Waals surface area contributed by atoms with E-state index in [-0.39, 0.29) is 23.0 Å². The van der Waals surface area contributed by atoms with Crippen molar-refractivity contribution in [1.82, 2.24) is 10.2 Å². The number of nitrogens with one attached hydrogen (secondary N) is 1. The number of rotatable bonds is 4. The van der Waals surface area contributed by atoms with Crippen LogP contribution in [-0.4, -0.2) is 41.6 Å². The number of nitrogens with zero attached hydrogens (tertiary/aromatic N) is 1. The van der Waals surface area contributed by atoms with Crippen LogP contribution >= 0.6 is 11.8 Å². The third-order valence-electron chi connectivity index (χ3n) is 4.88. The van der Waals surface area contributed by atoms with Crippen LogP contribution in [0.15, 0.2) is 24.3 Å². The van der Waals surface area contributed by atoms with Crippen LogP contribution in [0.3, 0.4) is 0 Å². The van der Waals surface area contributed by atoms with Gasteiger partial charge in [0.15, 0.2) is 0 Å². The lowest BCUT2D eigenvalue weighted by Gasteiger charge is -2.30. The van der Waals surface area contributed by atoms with Crippen molar-refractivity contribution in [1.29, 1.82) is 0 Å². The summed E-state index contributed by atoms with van der Waals surface area (Å²) in [6.07, 6.45) is 3.14. The van der Waals surface area contributed by atoms with Gasteiger partial charge in [0.1, 0.15) is 11.3 Å². The fourth-order valence-corrected chi connectivity index (χ4v) is 4.69. The molecule has 130 valence electrons. The maximum atomic E-state index is 12.9. The van der Waals surface area contributed by atoms with Gasteiger partial charge < -0.3 is 10.2 Å². The summed E-state index contributed by atoms with van der Waals surface area (Å²) in [7, 11) is 0. The molecule has 2 amide bonds. The minimum absolute atomic E-state index is 0.0293. The zero-order valence-corrected chi connectivity index (χ0v) is 15.3. The standard InChI is InChI=1S/C19H26N2O2S/c1-13(2)16(19(23)21-10-5-6-11-21)20-18(22)17-15-8-4-3-7-14(15)9-12-24-17/h3-4,7-8,13,16-17H,5-6,9-12H2,1-2H3,(H,20,22)/t16-,17+/m0/s1. The molecule has 0 spiro atoms. The predicted octanol–water partition coefficient (Wildman–Crippen LogP) is 2.78. The zero-order valence-electron chi connectivity index (χ0n) is 14.5. The summed E-state index contributed by atoms with van der Waals surface area (Å²) in [4.78, 5) is 27.5. The highest BCUT2D eigenvalue weighted by Crippen LogP contribution is 2.36. The lowest BCUT2D eigenvalue weighted by atomic mass is 9.99. The van der Waals surface area contributed by atoms with Gasteiger partial charge in [0.2, 0.25) is 11.8 Å². The van der Waals surface area contributed by atoms with E-state index in [1.807, 2.05) is 36.9 Å². The van der Waals surface area contributed by atoms with Crippen molar-refractivity contribution in [2.45, 2.75) is 44.4 Å². The highest BCUT2D eigenvalue weighted by molar-refractivity contribution is 8.00. The second-order valence-electron chi connectivity index (χ2n) is 6.96.